The quantitative estimate of drug-likeness (QED) is 0.647. The Morgan fingerprint density at radius 2 is 2.24 bits per heavy atom. The molecule has 0 radical (unpaired) electrons. The van der Waals surface area contributed by atoms with Gasteiger partial charge in [0.25, 0.3) is 5.69 Å². The van der Waals surface area contributed by atoms with Crippen LogP contribution in [0.3, 0.4) is 0 Å². The molecule has 2 N–H and O–H groups in total. The number of nitrogens with zero attached hydrogens (tertiary/aromatic N) is 3. The van der Waals surface area contributed by atoms with Gasteiger partial charge in [0, 0.05) is 30.2 Å². The van der Waals surface area contributed by atoms with Crippen LogP contribution in [0.15, 0.2) is 22.7 Å². The van der Waals surface area contributed by atoms with Gasteiger partial charge in [-0.15, -0.1) is 0 Å². The highest BCUT2D eigenvalue weighted by atomic mass is 16.6. The monoisotopic (exact) mass is 290 g/mol. The van der Waals surface area contributed by atoms with Gasteiger partial charge in [0.1, 0.15) is 0 Å². The highest BCUT2D eigenvalue weighted by Gasteiger charge is 2.15. The second-order valence-electron chi connectivity index (χ2n) is 5.14. The number of nitro benzene ring substituents is 1. The predicted octanol–water partition coefficient (Wildman–Crippen LogP) is 2.62. The van der Waals surface area contributed by atoms with E-state index < -0.39 is 4.92 Å². The highest BCUT2D eigenvalue weighted by Crippen LogP contribution is 2.25. The normalized spacial score (nSPS) is 12.3. The Hall–Kier alpha value is -2.28. The summed E-state index contributed by atoms with van der Waals surface area (Å²) in [6.07, 6.45) is 2.41. The van der Waals surface area contributed by atoms with E-state index in [1.807, 2.05) is 13.8 Å². The number of benzene rings is 1. The Morgan fingerprint density at radius 1 is 1.48 bits per heavy atom. The summed E-state index contributed by atoms with van der Waals surface area (Å²) in [5.74, 6) is 0.906. The molecule has 112 valence electrons. The van der Waals surface area contributed by atoms with Crippen LogP contribution in [0.25, 0.3) is 11.4 Å². The largest absolute Gasteiger partial charge is 0.339 e. The number of hydrogen-bond acceptors (Lipinski definition) is 6. The number of non-ortho nitro benzene ring substituents is 1. The minimum absolute atomic E-state index is 0.0129. The fraction of sp³-hybridized carbons (Fsp3) is 0.429. The number of aromatic nitrogens is 2. The number of hydrogen-bond donors (Lipinski definition) is 1. The van der Waals surface area contributed by atoms with Crippen molar-refractivity contribution in [3.05, 3.63) is 39.8 Å². The van der Waals surface area contributed by atoms with E-state index in [2.05, 4.69) is 10.1 Å². The van der Waals surface area contributed by atoms with E-state index in [1.54, 1.807) is 6.07 Å². The zero-order valence-corrected chi connectivity index (χ0v) is 12.1. The van der Waals surface area contributed by atoms with Gasteiger partial charge in [0.05, 0.1) is 4.92 Å². The van der Waals surface area contributed by atoms with Gasteiger partial charge in [0.2, 0.25) is 11.7 Å². The third-order valence-electron chi connectivity index (χ3n) is 3.19. The van der Waals surface area contributed by atoms with Crippen LogP contribution in [-0.4, -0.2) is 21.1 Å². The van der Waals surface area contributed by atoms with Crippen LogP contribution >= 0.6 is 0 Å². The number of nitro groups is 1. The molecule has 7 heteroatoms. The second-order valence-corrected chi connectivity index (χ2v) is 5.14. The summed E-state index contributed by atoms with van der Waals surface area (Å²) in [4.78, 5) is 14.7. The van der Waals surface area contributed by atoms with E-state index in [9.17, 15) is 10.1 Å². The number of nitrogens with two attached hydrogens (primary N) is 1. The molecular weight excluding hydrogens is 272 g/mol. The molecule has 0 aliphatic rings. The van der Waals surface area contributed by atoms with E-state index in [0.29, 0.717) is 23.7 Å². The van der Waals surface area contributed by atoms with Crippen molar-refractivity contribution in [1.82, 2.24) is 10.1 Å². The van der Waals surface area contributed by atoms with Gasteiger partial charge >= 0.3 is 0 Å². The van der Waals surface area contributed by atoms with Gasteiger partial charge in [-0.05, 0) is 32.3 Å². The first-order valence-electron chi connectivity index (χ1n) is 6.81. The Bertz CT molecular complexity index is 637. The molecule has 2 aromatic rings. The topological polar surface area (TPSA) is 108 Å². The summed E-state index contributed by atoms with van der Waals surface area (Å²) in [5.41, 5.74) is 7.18. The van der Waals surface area contributed by atoms with Crippen molar-refractivity contribution < 1.29 is 9.45 Å². The molecule has 21 heavy (non-hydrogen) atoms. The van der Waals surface area contributed by atoms with Crippen molar-refractivity contribution in [3.8, 4) is 11.4 Å². The second kappa shape index (κ2) is 6.45. The van der Waals surface area contributed by atoms with Crippen LogP contribution in [0.5, 0.6) is 0 Å². The van der Waals surface area contributed by atoms with E-state index >= 15 is 0 Å². The minimum Gasteiger partial charge on any atom is -0.339 e. The van der Waals surface area contributed by atoms with Crippen LogP contribution < -0.4 is 5.73 Å². The minimum atomic E-state index is -0.438. The lowest BCUT2D eigenvalue weighted by molar-refractivity contribution is -0.384. The lowest BCUT2D eigenvalue weighted by Gasteiger charge is -2.01. The first-order valence-corrected chi connectivity index (χ1v) is 6.81. The van der Waals surface area contributed by atoms with Gasteiger partial charge in [-0.2, -0.15) is 4.98 Å². The predicted molar refractivity (Wildman–Crippen MR) is 77.7 cm³/mol. The molecule has 0 bridgehead atoms. The van der Waals surface area contributed by atoms with Crippen molar-refractivity contribution >= 4 is 5.69 Å². The maximum absolute atomic E-state index is 10.8. The van der Waals surface area contributed by atoms with Crippen molar-refractivity contribution in [2.24, 2.45) is 5.73 Å². The van der Waals surface area contributed by atoms with Gasteiger partial charge in [0.15, 0.2) is 0 Å². The molecule has 0 amide bonds. The Morgan fingerprint density at radius 3 is 2.90 bits per heavy atom. The van der Waals surface area contributed by atoms with E-state index in [1.165, 1.54) is 12.1 Å². The Labute approximate surface area is 122 Å². The summed E-state index contributed by atoms with van der Waals surface area (Å²) in [5, 5.41) is 14.7. The van der Waals surface area contributed by atoms with Crippen LogP contribution in [-0.2, 0) is 6.42 Å². The van der Waals surface area contributed by atoms with Crippen molar-refractivity contribution in [2.75, 3.05) is 0 Å². The Kier molecular flexibility index (Phi) is 4.64. The molecular formula is C14H18N4O3. The summed E-state index contributed by atoms with van der Waals surface area (Å²) in [6, 6.07) is 4.75. The number of rotatable bonds is 6. The van der Waals surface area contributed by atoms with Crippen molar-refractivity contribution in [1.29, 1.82) is 0 Å². The third kappa shape index (κ3) is 3.85. The van der Waals surface area contributed by atoms with Crippen molar-refractivity contribution in [3.63, 3.8) is 0 Å². The Balaban J connectivity index is 2.17. The highest BCUT2D eigenvalue weighted by molar-refractivity contribution is 5.63. The van der Waals surface area contributed by atoms with Crippen LogP contribution in [0.2, 0.25) is 0 Å². The first kappa shape index (κ1) is 15.1. The molecule has 7 nitrogen and oxygen atoms in total. The molecule has 1 heterocycles. The maximum Gasteiger partial charge on any atom is 0.270 e. The maximum atomic E-state index is 10.8. The molecule has 1 aromatic heterocycles. The smallest absolute Gasteiger partial charge is 0.270 e. The molecule has 1 atom stereocenters. The lowest BCUT2D eigenvalue weighted by atomic mass is 10.1. The molecule has 0 aliphatic heterocycles. The van der Waals surface area contributed by atoms with E-state index in [4.69, 9.17) is 10.3 Å². The zero-order valence-electron chi connectivity index (χ0n) is 12.1. The molecule has 0 saturated heterocycles. The lowest BCUT2D eigenvalue weighted by Crippen LogP contribution is -2.14. The van der Waals surface area contributed by atoms with Crippen LogP contribution in [0.4, 0.5) is 5.69 Å². The summed E-state index contributed by atoms with van der Waals surface area (Å²) in [7, 11) is 0. The van der Waals surface area contributed by atoms with Crippen LogP contribution in [0.1, 0.15) is 31.2 Å². The van der Waals surface area contributed by atoms with Gasteiger partial charge in [-0.25, -0.2) is 0 Å². The molecule has 0 fully saturated rings. The standard InChI is InChI=1S/C14H18N4O3/c1-9-6-7-11(18(19)20)8-12(9)14-16-13(21-17-14)5-3-4-10(2)15/h6-8,10H,3-5,15H2,1-2H3. The summed E-state index contributed by atoms with van der Waals surface area (Å²) >= 11 is 0. The summed E-state index contributed by atoms with van der Waals surface area (Å²) in [6.45, 7) is 3.80. The zero-order chi connectivity index (χ0) is 15.4. The van der Waals surface area contributed by atoms with E-state index in [0.717, 1.165) is 18.4 Å². The van der Waals surface area contributed by atoms with Crippen LogP contribution in [0, 0.1) is 17.0 Å². The van der Waals surface area contributed by atoms with E-state index in [-0.39, 0.29) is 11.7 Å². The molecule has 0 spiro atoms. The number of aryl methyl sites for hydroxylation is 2. The average molecular weight is 290 g/mol. The van der Waals surface area contributed by atoms with Gasteiger partial charge < -0.3 is 10.3 Å². The fourth-order valence-corrected chi connectivity index (χ4v) is 2.01. The first-order chi connectivity index (χ1) is 9.97. The molecule has 0 saturated carbocycles. The van der Waals surface area contributed by atoms with Crippen molar-refractivity contribution in [2.45, 2.75) is 39.2 Å². The fourth-order valence-electron chi connectivity index (χ4n) is 2.01. The average Bonchev–Trinajstić information content (AvgIpc) is 2.87. The third-order valence-corrected chi connectivity index (χ3v) is 3.19. The molecule has 0 aliphatic carbocycles. The molecule has 1 unspecified atom stereocenters. The molecule has 2 rings (SSSR count). The van der Waals surface area contributed by atoms with Gasteiger partial charge in [-0.3, -0.25) is 10.1 Å². The van der Waals surface area contributed by atoms with Gasteiger partial charge in [-0.1, -0.05) is 11.2 Å². The summed E-state index contributed by atoms with van der Waals surface area (Å²) < 4.78 is 5.18. The SMILES string of the molecule is Cc1ccc([N+](=O)[O-])cc1-c1noc(CCCC(C)N)n1. The molecule has 1 aromatic carbocycles.